The lowest BCUT2D eigenvalue weighted by molar-refractivity contribution is -0.153. The molecule has 3 aliphatic rings. The standard InChI is InChI=1S/C31H42N5O8P/c1-18(27(38)41-20-13-11-19(12-14-20)29(2,3)4)35-45(40,43-21-9-7-6-8-10-21)44-28-30(5)31(28,39)25(37)24(42-30)22-15-16-23-26(32)33-17-34-36(22)23/h6-10,15-20,24-25,28,37,39H,11-14H2,1-5H3,(H,35,40)(H2,32,33,34)/t18-,19?,20?,24-,25-,28?,30+,31+,45+/m0/s1. The zero-order chi connectivity index (χ0) is 32.4. The monoisotopic (exact) mass is 643 g/mol. The molecular formula is C31H42N5O8P. The minimum Gasteiger partial charge on any atom is -0.461 e. The highest BCUT2D eigenvalue weighted by molar-refractivity contribution is 7.52. The number of fused-ring (bicyclic) bond motifs is 2. The SMILES string of the molecule is C[C@H](N[P@@](=O)(Oc1ccccc1)OC1[C@@]2(C)O[C@@H](c3ccc4c(N)ncnn34)[C@H](O)[C@@]12O)C(=O)OC1CCC(C(C)(C)C)CC1. The van der Waals surface area contributed by atoms with Crippen molar-refractivity contribution in [3.8, 4) is 5.75 Å². The molecule has 14 heteroatoms. The summed E-state index contributed by atoms with van der Waals surface area (Å²) in [5, 5.41) is 29.9. The van der Waals surface area contributed by atoms with Crippen LogP contribution in [0.15, 0.2) is 48.8 Å². The third kappa shape index (κ3) is 5.64. The highest BCUT2D eigenvalue weighted by Gasteiger charge is 2.87. The Morgan fingerprint density at radius 3 is 2.49 bits per heavy atom. The molecule has 3 heterocycles. The molecule has 3 fully saturated rings. The Bertz CT molecular complexity index is 1610. The zero-order valence-electron chi connectivity index (χ0n) is 26.1. The number of aromatic nitrogens is 3. The number of aliphatic hydroxyl groups excluding tert-OH is 1. The first-order valence-electron chi connectivity index (χ1n) is 15.3. The molecular weight excluding hydrogens is 601 g/mol. The zero-order valence-corrected chi connectivity index (χ0v) is 27.0. The summed E-state index contributed by atoms with van der Waals surface area (Å²) in [4.78, 5) is 17.1. The first-order chi connectivity index (χ1) is 21.2. The van der Waals surface area contributed by atoms with Gasteiger partial charge in [0.2, 0.25) is 0 Å². The van der Waals surface area contributed by atoms with Gasteiger partial charge in [0, 0.05) is 0 Å². The second-order valence-corrected chi connectivity index (χ2v) is 15.3. The van der Waals surface area contributed by atoms with Gasteiger partial charge in [0.15, 0.2) is 11.4 Å². The minimum absolute atomic E-state index is 0.194. The molecule has 6 rings (SSSR count). The summed E-state index contributed by atoms with van der Waals surface area (Å²) in [6.45, 7) is 9.75. The van der Waals surface area contributed by atoms with E-state index in [4.69, 9.17) is 24.3 Å². The van der Waals surface area contributed by atoms with Gasteiger partial charge in [-0.15, -0.1) is 0 Å². The highest BCUT2D eigenvalue weighted by atomic mass is 31.2. The van der Waals surface area contributed by atoms with Crippen molar-refractivity contribution in [2.75, 3.05) is 5.73 Å². The van der Waals surface area contributed by atoms with Gasteiger partial charge in [0.25, 0.3) is 0 Å². The van der Waals surface area contributed by atoms with Gasteiger partial charge in [0.1, 0.15) is 53.7 Å². The van der Waals surface area contributed by atoms with E-state index in [2.05, 4.69) is 35.9 Å². The number of hydrogen-bond donors (Lipinski definition) is 4. The van der Waals surface area contributed by atoms with Gasteiger partial charge < -0.3 is 29.9 Å². The van der Waals surface area contributed by atoms with Crippen LogP contribution < -0.4 is 15.3 Å². The predicted molar refractivity (Wildman–Crippen MR) is 164 cm³/mol. The number of rotatable bonds is 9. The van der Waals surface area contributed by atoms with E-state index < -0.39 is 49.3 Å². The van der Waals surface area contributed by atoms with E-state index in [1.54, 1.807) is 49.4 Å². The molecule has 1 unspecified atom stereocenters. The number of carbonyl (C=O) groups excluding carboxylic acids is 1. The van der Waals surface area contributed by atoms with E-state index >= 15 is 0 Å². The molecule has 2 aliphatic carbocycles. The van der Waals surface area contributed by atoms with Crippen molar-refractivity contribution in [3.05, 3.63) is 54.5 Å². The van der Waals surface area contributed by atoms with Crippen LogP contribution in [0, 0.1) is 11.3 Å². The normalized spacial score (nSPS) is 33.3. The predicted octanol–water partition coefficient (Wildman–Crippen LogP) is 3.95. The van der Waals surface area contributed by atoms with E-state index in [1.807, 2.05) is 0 Å². The van der Waals surface area contributed by atoms with E-state index in [1.165, 1.54) is 17.8 Å². The summed E-state index contributed by atoms with van der Waals surface area (Å²) < 4.78 is 39.5. The number of hydrogen-bond acceptors (Lipinski definition) is 11. The van der Waals surface area contributed by atoms with E-state index in [0.717, 1.165) is 25.7 Å². The van der Waals surface area contributed by atoms with Crippen LogP contribution in [0.2, 0.25) is 0 Å². The van der Waals surface area contributed by atoms with Crippen LogP contribution in [0.5, 0.6) is 5.75 Å². The van der Waals surface area contributed by atoms with Gasteiger partial charge in [-0.1, -0.05) is 39.0 Å². The van der Waals surface area contributed by atoms with E-state index in [0.29, 0.717) is 17.1 Å². The van der Waals surface area contributed by atoms with Gasteiger partial charge in [0.05, 0.1) is 5.69 Å². The molecule has 1 aliphatic heterocycles. The van der Waals surface area contributed by atoms with Crippen molar-refractivity contribution in [2.24, 2.45) is 11.3 Å². The van der Waals surface area contributed by atoms with Crippen LogP contribution in [0.3, 0.4) is 0 Å². The molecule has 7 atom stereocenters. The van der Waals surface area contributed by atoms with Gasteiger partial charge in [-0.25, -0.2) is 14.1 Å². The molecule has 244 valence electrons. The van der Waals surface area contributed by atoms with Crippen LogP contribution in [0.1, 0.15) is 72.1 Å². The van der Waals surface area contributed by atoms with Crippen molar-refractivity contribution >= 4 is 25.1 Å². The number of esters is 1. The number of nitrogen functional groups attached to an aromatic ring is 1. The maximum absolute atomic E-state index is 14.3. The van der Waals surface area contributed by atoms with Gasteiger partial charge in [-0.05, 0) is 75.1 Å². The van der Waals surface area contributed by atoms with Crippen molar-refractivity contribution in [3.63, 3.8) is 0 Å². The number of nitrogens with two attached hydrogens (primary N) is 1. The third-order valence-electron chi connectivity index (χ3n) is 9.62. The van der Waals surface area contributed by atoms with Crippen molar-refractivity contribution in [1.29, 1.82) is 0 Å². The largest absolute Gasteiger partial charge is 0.461 e. The maximum Gasteiger partial charge on any atom is 0.459 e. The summed E-state index contributed by atoms with van der Waals surface area (Å²) >= 11 is 0. The molecule has 0 radical (unpaired) electrons. The Morgan fingerprint density at radius 2 is 1.87 bits per heavy atom. The minimum atomic E-state index is -4.37. The molecule has 2 aromatic heterocycles. The van der Waals surface area contributed by atoms with Crippen LogP contribution in [0.4, 0.5) is 5.82 Å². The number of carbonyl (C=O) groups is 1. The van der Waals surface area contributed by atoms with Crippen molar-refractivity contribution in [2.45, 2.75) is 102 Å². The summed E-state index contributed by atoms with van der Waals surface area (Å²) in [6, 6.07) is 10.6. The molecule has 0 spiro atoms. The summed E-state index contributed by atoms with van der Waals surface area (Å²) in [5.74, 6) is 0.429. The summed E-state index contributed by atoms with van der Waals surface area (Å²) in [7, 11) is -4.37. The lowest BCUT2D eigenvalue weighted by Gasteiger charge is -2.37. The maximum atomic E-state index is 14.3. The average Bonchev–Trinajstić information content (AvgIpc) is 3.25. The topological polar surface area (TPSA) is 180 Å². The first-order valence-corrected chi connectivity index (χ1v) is 16.9. The fraction of sp³-hybridized carbons (Fsp3) is 0.581. The molecule has 2 saturated carbocycles. The van der Waals surface area contributed by atoms with E-state index in [9.17, 15) is 19.6 Å². The molecule has 0 bridgehead atoms. The van der Waals surface area contributed by atoms with Gasteiger partial charge >= 0.3 is 13.7 Å². The number of aliphatic hydroxyl groups is 2. The fourth-order valence-electron chi connectivity index (χ4n) is 6.76. The fourth-order valence-corrected chi connectivity index (χ4v) is 8.53. The lowest BCUT2D eigenvalue weighted by Crippen LogP contribution is -2.40. The molecule has 1 aromatic carbocycles. The summed E-state index contributed by atoms with van der Waals surface area (Å²) in [6.07, 6.45) is 0.737. The Labute approximate surface area is 262 Å². The van der Waals surface area contributed by atoms with Crippen LogP contribution in [-0.2, 0) is 23.4 Å². The Kier molecular flexibility index (Phi) is 8.03. The first kappa shape index (κ1) is 31.9. The number of para-hydroxylation sites is 1. The number of nitrogens with zero attached hydrogens (tertiary/aromatic N) is 3. The quantitative estimate of drug-likeness (QED) is 0.195. The van der Waals surface area contributed by atoms with Gasteiger partial charge in [-0.2, -0.15) is 10.2 Å². The Morgan fingerprint density at radius 1 is 1.18 bits per heavy atom. The smallest absolute Gasteiger partial charge is 0.459 e. The van der Waals surface area contributed by atoms with Crippen LogP contribution >= 0.6 is 7.75 Å². The molecule has 13 nitrogen and oxygen atoms in total. The van der Waals surface area contributed by atoms with Crippen LogP contribution in [-0.4, -0.2) is 66.3 Å². The molecule has 5 N–H and O–H groups in total. The van der Waals surface area contributed by atoms with E-state index in [-0.39, 0.29) is 23.1 Å². The number of nitrogens with one attached hydrogen (secondary N) is 1. The second-order valence-electron chi connectivity index (χ2n) is 13.6. The number of benzene rings is 1. The Balaban J connectivity index is 1.17. The lowest BCUT2D eigenvalue weighted by atomic mass is 9.72. The molecule has 1 saturated heterocycles. The second kappa shape index (κ2) is 11.3. The van der Waals surface area contributed by atoms with Crippen molar-refractivity contribution < 1.29 is 38.1 Å². The average molecular weight is 644 g/mol. The molecule has 3 aromatic rings. The Hall–Kier alpha value is -3.06. The third-order valence-corrected chi connectivity index (χ3v) is 11.3. The molecule has 45 heavy (non-hydrogen) atoms. The van der Waals surface area contributed by atoms with Crippen LogP contribution in [0.25, 0.3) is 5.52 Å². The molecule has 0 amide bonds. The number of ether oxygens (including phenoxy) is 2. The van der Waals surface area contributed by atoms with Gasteiger partial charge in [-0.3, -0.25) is 9.32 Å². The number of anilines is 1. The summed E-state index contributed by atoms with van der Waals surface area (Å²) in [5.41, 5.74) is 3.69. The highest BCUT2D eigenvalue weighted by Crippen LogP contribution is 2.68. The van der Waals surface area contributed by atoms with Crippen molar-refractivity contribution in [1.82, 2.24) is 19.7 Å².